The van der Waals surface area contributed by atoms with Crippen LogP contribution in [0.4, 0.5) is 0 Å². The quantitative estimate of drug-likeness (QED) is 0.779. The highest BCUT2D eigenvalue weighted by molar-refractivity contribution is 7.11. The van der Waals surface area contributed by atoms with Crippen LogP contribution in [-0.2, 0) is 11.3 Å². The number of carbonyl (C=O) groups excluding carboxylic acids is 2. The summed E-state index contributed by atoms with van der Waals surface area (Å²) < 4.78 is 4.47. The zero-order valence-corrected chi connectivity index (χ0v) is 13.9. The average Bonchev–Trinajstić information content (AvgIpc) is 3.12. The molecule has 122 valence electrons. The Morgan fingerprint density at radius 1 is 1.39 bits per heavy atom. The number of hydrogen-bond donors (Lipinski definition) is 1. The SMILES string of the molecule is C=CCN(Cc1ccc(C)s1)C(=O)CNC(=O)c1nonc1C. The smallest absolute Gasteiger partial charge is 0.275 e. The molecule has 8 heteroatoms. The zero-order valence-electron chi connectivity index (χ0n) is 13.0. The van der Waals surface area contributed by atoms with Crippen molar-refractivity contribution in [2.75, 3.05) is 13.1 Å². The summed E-state index contributed by atoms with van der Waals surface area (Å²) >= 11 is 1.64. The maximum Gasteiger partial charge on any atom is 0.275 e. The van der Waals surface area contributed by atoms with Crippen LogP contribution in [0.3, 0.4) is 0 Å². The number of aromatic nitrogens is 2. The van der Waals surface area contributed by atoms with Crippen LogP contribution in [0.15, 0.2) is 29.4 Å². The van der Waals surface area contributed by atoms with Gasteiger partial charge in [0.2, 0.25) is 5.91 Å². The summed E-state index contributed by atoms with van der Waals surface area (Å²) in [6.07, 6.45) is 1.66. The summed E-state index contributed by atoms with van der Waals surface area (Å²) in [6, 6.07) is 4.01. The van der Waals surface area contributed by atoms with Gasteiger partial charge in [-0.1, -0.05) is 11.2 Å². The predicted molar refractivity (Wildman–Crippen MR) is 86.0 cm³/mol. The first-order valence-corrected chi connectivity index (χ1v) is 7.84. The molecule has 23 heavy (non-hydrogen) atoms. The third kappa shape index (κ3) is 4.49. The minimum absolute atomic E-state index is 0.0851. The molecule has 0 radical (unpaired) electrons. The number of hydrogen-bond acceptors (Lipinski definition) is 6. The van der Waals surface area contributed by atoms with E-state index < -0.39 is 5.91 Å². The molecule has 0 saturated heterocycles. The van der Waals surface area contributed by atoms with Crippen molar-refractivity contribution >= 4 is 23.2 Å². The monoisotopic (exact) mass is 334 g/mol. The first-order chi connectivity index (χ1) is 11.0. The molecule has 0 fully saturated rings. The van der Waals surface area contributed by atoms with Crippen LogP contribution >= 0.6 is 11.3 Å². The lowest BCUT2D eigenvalue weighted by Gasteiger charge is -2.20. The largest absolute Gasteiger partial charge is 0.341 e. The number of amides is 2. The zero-order chi connectivity index (χ0) is 16.8. The molecule has 0 aliphatic heterocycles. The van der Waals surface area contributed by atoms with E-state index in [0.29, 0.717) is 18.8 Å². The fraction of sp³-hybridized carbons (Fsp3) is 0.333. The van der Waals surface area contributed by atoms with E-state index in [0.717, 1.165) is 4.88 Å². The first-order valence-electron chi connectivity index (χ1n) is 7.02. The van der Waals surface area contributed by atoms with Crippen LogP contribution in [-0.4, -0.2) is 40.1 Å². The van der Waals surface area contributed by atoms with E-state index in [1.54, 1.807) is 29.2 Å². The molecule has 2 heterocycles. The van der Waals surface area contributed by atoms with Crippen LogP contribution < -0.4 is 5.32 Å². The second-order valence-electron chi connectivity index (χ2n) is 4.96. The van der Waals surface area contributed by atoms with Crippen molar-refractivity contribution in [1.82, 2.24) is 20.5 Å². The van der Waals surface area contributed by atoms with E-state index in [9.17, 15) is 9.59 Å². The maximum atomic E-state index is 12.3. The Morgan fingerprint density at radius 3 is 2.74 bits per heavy atom. The topological polar surface area (TPSA) is 88.3 Å². The number of aryl methyl sites for hydroxylation is 2. The highest BCUT2D eigenvalue weighted by atomic mass is 32.1. The summed E-state index contributed by atoms with van der Waals surface area (Å²) in [5.74, 6) is -0.680. The molecule has 0 saturated carbocycles. The molecule has 0 atom stereocenters. The molecular weight excluding hydrogens is 316 g/mol. The molecule has 2 amide bonds. The summed E-state index contributed by atoms with van der Waals surface area (Å²) in [4.78, 5) is 28.1. The minimum Gasteiger partial charge on any atom is -0.341 e. The summed E-state index contributed by atoms with van der Waals surface area (Å²) in [7, 11) is 0. The van der Waals surface area contributed by atoms with Gasteiger partial charge in [-0.05, 0) is 31.1 Å². The van der Waals surface area contributed by atoms with Gasteiger partial charge in [0, 0.05) is 16.3 Å². The van der Waals surface area contributed by atoms with Crippen LogP contribution in [0.2, 0.25) is 0 Å². The highest BCUT2D eigenvalue weighted by Crippen LogP contribution is 2.17. The molecule has 2 rings (SSSR count). The van der Waals surface area contributed by atoms with Crippen LogP contribution in [0.25, 0.3) is 0 Å². The molecule has 7 nitrogen and oxygen atoms in total. The van der Waals surface area contributed by atoms with E-state index in [2.05, 4.69) is 26.8 Å². The fourth-order valence-corrected chi connectivity index (χ4v) is 2.86. The second-order valence-corrected chi connectivity index (χ2v) is 6.33. The van der Waals surface area contributed by atoms with Gasteiger partial charge in [-0.15, -0.1) is 17.9 Å². The molecule has 2 aromatic heterocycles. The predicted octanol–water partition coefficient (Wildman–Crippen LogP) is 1.69. The highest BCUT2D eigenvalue weighted by Gasteiger charge is 2.18. The molecule has 0 aromatic carbocycles. The van der Waals surface area contributed by atoms with Gasteiger partial charge in [-0.25, -0.2) is 4.63 Å². The Labute approximate surface area is 137 Å². The molecule has 2 aromatic rings. The third-order valence-corrected chi connectivity index (χ3v) is 4.10. The summed E-state index contributed by atoms with van der Waals surface area (Å²) in [5.41, 5.74) is 0.467. The summed E-state index contributed by atoms with van der Waals surface area (Å²) in [5, 5.41) is 9.57. The molecule has 0 aliphatic rings. The van der Waals surface area contributed by atoms with E-state index in [4.69, 9.17) is 0 Å². The maximum absolute atomic E-state index is 12.3. The lowest BCUT2D eigenvalue weighted by atomic mass is 10.3. The van der Waals surface area contributed by atoms with Gasteiger partial charge in [0.05, 0.1) is 13.1 Å². The van der Waals surface area contributed by atoms with Crippen molar-refractivity contribution < 1.29 is 14.2 Å². The molecule has 1 N–H and O–H groups in total. The van der Waals surface area contributed by atoms with Crippen LogP contribution in [0.5, 0.6) is 0 Å². The van der Waals surface area contributed by atoms with Crippen molar-refractivity contribution in [1.29, 1.82) is 0 Å². The van der Waals surface area contributed by atoms with Gasteiger partial charge in [-0.3, -0.25) is 9.59 Å². The van der Waals surface area contributed by atoms with Gasteiger partial charge in [-0.2, -0.15) is 0 Å². The first kappa shape index (κ1) is 16.9. The third-order valence-electron chi connectivity index (χ3n) is 3.11. The Balaban J connectivity index is 1.94. The van der Waals surface area contributed by atoms with Crippen LogP contribution in [0, 0.1) is 13.8 Å². The van der Waals surface area contributed by atoms with E-state index in [1.807, 2.05) is 19.1 Å². The van der Waals surface area contributed by atoms with Gasteiger partial charge < -0.3 is 10.2 Å². The van der Waals surface area contributed by atoms with Crippen molar-refractivity contribution in [2.45, 2.75) is 20.4 Å². The molecule has 0 aliphatic carbocycles. The Hall–Kier alpha value is -2.48. The lowest BCUT2D eigenvalue weighted by Crippen LogP contribution is -2.40. The van der Waals surface area contributed by atoms with Crippen molar-refractivity contribution in [3.63, 3.8) is 0 Å². The number of nitrogens with one attached hydrogen (secondary N) is 1. The number of thiophene rings is 1. The Morgan fingerprint density at radius 2 is 2.17 bits per heavy atom. The Kier molecular flexibility index (Phi) is 5.64. The van der Waals surface area contributed by atoms with Gasteiger partial charge in [0.1, 0.15) is 5.69 Å². The second kappa shape index (κ2) is 7.68. The van der Waals surface area contributed by atoms with E-state index >= 15 is 0 Å². The van der Waals surface area contributed by atoms with Crippen LogP contribution in [0.1, 0.15) is 25.9 Å². The lowest BCUT2D eigenvalue weighted by molar-refractivity contribution is -0.130. The Bertz CT molecular complexity index is 707. The standard InChI is InChI=1S/C15H18N4O3S/c1-4-7-19(9-12-6-5-10(2)23-12)13(20)8-16-15(21)14-11(3)17-22-18-14/h4-6H,1,7-9H2,2-3H3,(H,16,21). The minimum atomic E-state index is -0.484. The molecular formula is C15H18N4O3S. The van der Waals surface area contributed by atoms with E-state index in [-0.39, 0.29) is 18.1 Å². The average molecular weight is 334 g/mol. The molecule has 0 unspecified atom stereocenters. The number of nitrogens with zero attached hydrogens (tertiary/aromatic N) is 3. The molecule has 0 bridgehead atoms. The van der Waals surface area contributed by atoms with Crippen molar-refractivity contribution in [2.24, 2.45) is 0 Å². The summed E-state index contributed by atoms with van der Waals surface area (Å²) in [6.45, 7) is 8.07. The van der Waals surface area contributed by atoms with Crippen molar-refractivity contribution in [3.8, 4) is 0 Å². The number of carbonyl (C=O) groups is 2. The molecule has 0 spiro atoms. The van der Waals surface area contributed by atoms with Crippen molar-refractivity contribution in [3.05, 3.63) is 45.9 Å². The normalized spacial score (nSPS) is 10.3. The van der Waals surface area contributed by atoms with E-state index in [1.165, 1.54) is 4.88 Å². The van der Waals surface area contributed by atoms with Gasteiger partial charge >= 0.3 is 0 Å². The van der Waals surface area contributed by atoms with Gasteiger partial charge in [0.25, 0.3) is 5.91 Å². The van der Waals surface area contributed by atoms with Gasteiger partial charge in [0.15, 0.2) is 5.69 Å². The number of rotatable bonds is 7. The fourth-order valence-electron chi connectivity index (χ4n) is 1.96.